The summed E-state index contributed by atoms with van der Waals surface area (Å²) in [7, 11) is 3.75. The molecule has 1 atom stereocenters. The minimum absolute atomic E-state index is 0. The first-order chi connectivity index (χ1) is 10.3. The fraction of sp³-hybridized carbons (Fsp3) is 0.571. The number of halogens is 2. The number of thiazole rings is 1. The van der Waals surface area contributed by atoms with Gasteiger partial charge >= 0.3 is 0 Å². The highest BCUT2D eigenvalue weighted by atomic mass is 35.5. The fourth-order valence-corrected chi connectivity index (χ4v) is 3.46. The molecule has 1 aliphatic rings. The Labute approximate surface area is 153 Å². The molecule has 2 aromatic rings. The van der Waals surface area contributed by atoms with Crippen molar-refractivity contribution in [2.75, 3.05) is 26.7 Å². The van der Waals surface area contributed by atoms with Crippen LogP contribution in [0.5, 0.6) is 0 Å². The van der Waals surface area contributed by atoms with Crippen LogP contribution in [0.3, 0.4) is 0 Å². The number of nitrogens with one attached hydrogen (secondary N) is 1. The van der Waals surface area contributed by atoms with Crippen molar-refractivity contribution in [3.8, 4) is 0 Å². The smallest absolute Gasteiger partial charge is 0.127 e. The van der Waals surface area contributed by atoms with Crippen LogP contribution in [-0.4, -0.2) is 46.2 Å². The summed E-state index contributed by atoms with van der Waals surface area (Å²) in [6.07, 6.45) is 3.86. The number of ether oxygens (including phenoxy) is 1. The molecule has 6 nitrogen and oxygen atoms in total. The molecule has 1 aliphatic heterocycles. The number of methoxy groups -OCH3 is 1. The number of hydrogen-bond donors (Lipinski definition) is 1. The van der Waals surface area contributed by atoms with Gasteiger partial charge in [0.1, 0.15) is 10.8 Å². The number of piperazine rings is 1. The third kappa shape index (κ3) is 4.89. The van der Waals surface area contributed by atoms with Crippen molar-refractivity contribution in [3.63, 3.8) is 0 Å². The molecule has 0 aliphatic carbocycles. The molecule has 130 valence electrons. The first kappa shape index (κ1) is 20.3. The van der Waals surface area contributed by atoms with Gasteiger partial charge in [-0.1, -0.05) is 0 Å². The van der Waals surface area contributed by atoms with E-state index in [0.717, 1.165) is 42.7 Å². The summed E-state index contributed by atoms with van der Waals surface area (Å²) in [5.41, 5.74) is 1.12. The molecule has 2 aromatic heterocycles. The van der Waals surface area contributed by atoms with Crippen molar-refractivity contribution in [2.24, 2.45) is 7.05 Å². The second kappa shape index (κ2) is 9.56. The maximum absolute atomic E-state index is 5.14. The number of aromatic nitrogens is 3. The Morgan fingerprint density at radius 2 is 2.26 bits per heavy atom. The van der Waals surface area contributed by atoms with E-state index in [2.05, 4.69) is 37.2 Å². The SMILES string of the molecule is COCc1nc(CN2CCNCC2c2nccn2C)cs1.Cl.Cl. The highest BCUT2D eigenvalue weighted by Gasteiger charge is 2.27. The lowest BCUT2D eigenvalue weighted by Gasteiger charge is -2.35. The minimum atomic E-state index is 0. The zero-order valence-electron chi connectivity index (χ0n) is 13.3. The van der Waals surface area contributed by atoms with Crippen molar-refractivity contribution in [1.82, 2.24) is 24.8 Å². The van der Waals surface area contributed by atoms with Gasteiger partial charge in [-0.25, -0.2) is 9.97 Å². The largest absolute Gasteiger partial charge is 0.378 e. The molecule has 3 heterocycles. The van der Waals surface area contributed by atoms with E-state index in [4.69, 9.17) is 4.74 Å². The van der Waals surface area contributed by atoms with Gasteiger partial charge in [-0.05, 0) is 0 Å². The molecule has 0 spiro atoms. The third-order valence-electron chi connectivity index (χ3n) is 3.74. The lowest BCUT2D eigenvalue weighted by atomic mass is 10.1. The predicted octanol–water partition coefficient (Wildman–Crippen LogP) is 2.01. The van der Waals surface area contributed by atoms with Crippen LogP contribution in [0.25, 0.3) is 0 Å². The zero-order valence-corrected chi connectivity index (χ0v) is 15.7. The average Bonchev–Trinajstić information content (AvgIpc) is 3.09. The van der Waals surface area contributed by atoms with Crippen molar-refractivity contribution in [3.05, 3.63) is 34.3 Å². The Morgan fingerprint density at radius 3 is 2.96 bits per heavy atom. The average molecular weight is 380 g/mol. The molecule has 1 saturated heterocycles. The van der Waals surface area contributed by atoms with Gasteiger partial charge in [0.15, 0.2) is 0 Å². The van der Waals surface area contributed by atoms with Gasteiger partial charge < -0.3 is 14.6 Å². The van der Waals surface area contributed by atoms with Crippen molar-refractivity contribution < 1.29 is 4.74 Å². The number of aryl methyl sites for hydroxylation is 1. The normalized spacial score (nSPS) is 18.3. The summed E-state index contributed by atoms with van der Waals surface area (Å²) in [6.45, 7) is 4.40. The monoisotopic (exact) mass is 379 g/mol. The predicted molar refractivity (Wildman–Crippen MR) is 96.6 cm³/mol. The van der Waals surface area contributed by atoms with Crippen molar-refractivity contribution >= 4 is 36.2 Å². The molecule has 0 bridgehead atoms. The summed E-state index contributed by atoms with van der Waals surface area (Å²) >= 11 is 1.67. The summed E-state index contributed by atoms with van der Waals surface area (Å²) in [5.74, 6) is 1.11. The van der Waals surface area contributed by atoms with Gasteiger partial charge in [0.05, 0.1) is 18.3 Å². The molecule has 1 N–H and O–H groups in total. The highest BCUT2D eigenvalue weighted by molar-refractivity contribution is 7.09. The highest BCUT2D eigenvalue weighted by Crippen LogP contribution is 2.23. The van der Waals surface area contributed by atoms with E-state index < -0.39 is 0 Å². The van der Waals surface area contributed by atoms with Crippen LogP contribution in [-0.2, 0) is 24.9 Å². The van der Waals surface area contributed by atoms with Gasteiger partial charge in [-0.3, -0.25) is 4.90 Å². The molecule has 0 aromatic carbocycles. The van der Waals surface area contributed by atoms with Crippen LogP contribution in [0.15, 0.2) is 17.8 Å². The number of hydrogen-bond acceptors (Lipinski definition) is 6. The summed E-state index contributed by atoms with van der Waals surface area (Å²) in [6, 6.07) is 0.298. The zero-order chi connectivity index (χ0) is 14.7. The van der Waals surface area contributed by atoms with E-state index in [-0.39, 0.29) is 24.8 Å². The minimum Gasteiger partial charge on any atom is -0.378 e. The Balaban J connectivity index is 0.00000132. The van der Waals surface area contributed by atoms with E-state index in [9.17, 15) is 0 Å². The quantitative estimate of drug-likeness (QED) is 0.860. The van der Waals surface area contributed by atoms with Gasteiger partial charge in [0, 0.05) is 58.1 Å². The summed E-state index contributed by atoms with van der Waals surface area (Å²) in [4.78, 5) is 11.6. The lowest BCUT2D eigenvalue weighted by Crippen LogP contribution is -2.46. The lowest BCUT2D eigenvalue weighted by molar-refractivity contribution is 0.142. The van der Waals surface area contributed by atoms with E-state index in [0.29, 0.717) is 12.6 Å². The topological polar surface area (TPSA) is 55.2 Å². The number of nitrogens with zero attached hydrogens (tertiary/aromatic N) is 4. The van der Waals surface area contributed by atoms with Crippen LogP contribution in [0, 0.1) is 0 Å². The molecule has 0 radical (unpaired) electrons. The van der Waals surface area contributed by atoms with Gasteiger partial charge in [0.2, 0.25) is 0 Å². The maximum atomic E-state index is 5.14. The second-order valence-corrected chi connectivity index (χ2v) is 6.19. The standard InChI is InChI=1S/C14H21N5OS.2ClH/c1-18-5-4-16-14(18)12-7-15-3-6-19(12)8-11-10-21-13(17-11)9-20-2;;/h4-5,10,12,15H,3,6-9H2,1-2H3;2*1H. The molecular weight excluding hydrogens is 357 g/mol. The van der Waals surface area contributed by atoms with E-state index in [1.54, 1.807) is 18.4 Å². The fourth-order valence-electron chi connectivity index (χ4n) is 2.71. The van der Waals surface area contributed by atoms with Crippen LogP contribution in [0.2, 0.25) is 0 Å². The van der Waals surface area contributed by atoms with E-state index in [1.165, 1.54) is 0 Å². The first-order valence-electron chi connectivity index (χ1n) is 7.12. The maximum Gasteiger partial charge on any atom is 0.127 e. The van der Waals surface area contributed by atoms with Crippen molar-refractivity contribution in [1.29, 1.82) is 0 Å². The third-order valence-corrected chi connectivity index (χ3v) is 4.61. The summed E-state index contributed by atoms with van der Waals surface area (Å²) < 4.78 is 7.24. The van der Waals surface area contributed by atoms with Crippen LogP contribution >= 0.6 is 36.2 Å². The molecule has 1 fully saturated rings. The number of rotatable bonds is 5. The van der Waals surface area contributed by atoms with Gasteiger partial charge in [-0.15, -0.1) is 36.2 Å². The second-order valence-electron chi connectivity index (χ2n) is 5.25. The van der Waals surface area contributed by atoms with Gasteiger partial charge in [0.25, 0.3) is 0 Å². The van der Waals surface area contributed by atoms with Gasteiger partial charge in [-0.2, -0.15) is 0 Å². The molecule has 0 amide bonds. The Kier molecular flexibility index (Phi) is 8.46. The van der Waals surface area contributed by atoms with Crippen LogP contribution in [0.4, 0.5) is 0 Å². The Morgan fingerprint density at radius 1 is 1.43 bits per heavy atom. The molecule has 23 heavy (non-hydrogen) atoms. The Hall–Kier alpha value is -0.700. The van der Waals surface area contributed by atoms with Crippen LogP contribution < -0.4 is 5.32 Å². The molecule has 0 saturated carbocycles. The van der Waals surface area contributed by atoms with Crippen LogP contribution in [0.1, 0.15) is 22.6 Å². The molecule has 3 rings (SSSR count). The molecular formula is C14H23Cl2N5OS. The van der Waals surface area contributed by atoms with E-state index in [1.807, 2.05) is 12.4 Å². The molecule has 1 unspecified atom stereocenters. The summed E-state index contributed by atoms with van der Waals surface area (Å²) in [5, 5.41) is 6.63. The first-order valence-corrected chi connectivity index (χ1v) is 8.00. The Bertz CT molecular complexity index is 591. The molecule has 9 heteroatoms. The number of imidazole rings is 1. The van der Waals surface area contributed by atoms with Crippen molar-refractivity contribution in [2.45, 2.75) is 19.2 Å². The van der Waals surface area contributed by atoms with E-state index >= 15 is 0 Å².